The summed E-state index contributed by atoms with van der Waals surface area (Å²) in [6.07, 6.45) is 0. The van der Waals surface area contributed by atoms with Gasteiger partial charge < -0.3 is 11.5 Å². The van der Waals surface area contributed by atoms with Gasteiger partial charge in [-0.15, -0.1) is 0 Å². The van der Waals surface area contributed by atoms with Gasteiger partial charge in [0.25, 0.3) is 0 Å². The maximum absolute atomic E-state index is 5.24. The third-order valence-electron chi connectivity index (χ3n) is 1.18. The van der Waals surface area contributed by atoms with Crippen LogP contribution in [-0.2, 0) is 0 Å². The number of rotatable bonds is 1. The molecule has 0 saturated heterocycles. The summed E-state index contributed by atoms with van der Waals surface area (Å²) in [6, 6.07) is 5.57. The summed E-state index contributed by atoms with van der Waals surface area (Å²) in [4.78, 5) is 3.92. The van der Waals surface area contributed by atoms with Gasteiger partial charge in [0, 0.05) is 4.47 Å². The van der Waals surface area contributed by atoms with E-state index in [9.17, 15) is 0 Å². The number of aliphatic imine (C=N–C) groups is 1. The van der Waals surface area contributed by atoms with E-state index in [4.69, 9.17) is 11.5 Å². The maximum atomic E-state index is 5.24. The van der Waals surface area contributed by atoms with Gasteiger partial charge in [-0.25, -0.2) is 4.99 Å². The van der Waals surface area contributed by atoms with Crippen LogP contribution < -0.4 is 11.5 Å². The lowest BCUT2D eigenvalue weighted by molar-refractivity contribution is 1.40. The van der Waals surface area contributed by atoms with Gasteiger partial charge in [-0.1, -0.05) is 6.07 Å². The normalized spacial score (nSPS) is 9.50. The summed E-state index contributed by atoms with van der Waals surface area (Å²) >= 11 is 6.68. The van der Waals surface area contributed by atoms with Crippen molar-refractivity contribution < 1.29 is 0 Å². The van der Waals surface area contributed by atoms with Gasteiger partial charge in [0.15, 0.2) is 5.96 Å². The van der Waals surface area contributed by atoms with Gasteiger partial charge in [0.1, 0.15) is 0 Å². The molecule has 0 aliphatic rings. The Hall–Kier alpha value is -0.550. The number of benzene rings is 1. The van der Waals surface area contributed by atoms with Crippen LogP contribution in [0, 0.1) is 0 Å². The van der Waals surface area contributed by atoms with Crippen LogP contribution in [0.5, 0.6) is 0 Å². The van der Waals surface area contributed by atoms with E-state index in [1.54, 1.807) is 0 Å². The molecule has 1 rings (SSSR count). The van der Waals surface area contributed by atoms with E-state index in [2.05, 4.69) is 36.9 Å². The van der Waals surface area contributed by atoms with Crippen LogP contribution in [-0.4, -0.2) is 5.96 Å². The summed E-state index contributed by atoms with van der Waals surface area (Å²) < 4.78 is 1.77. The SMILES string of the molecule is NC(N)=Nc1cccc(Br)c1Br. The number of nitrogens with zero attached hydrogens (tertiary/aromatic N) is 1. The number of halogens is 2. The molecule has 1 aromatic carbocycles. The van der Waals surface area contributed by atoms with Gasteiger partial charge in [0.2, 0.25) is 0 Å². The zero-order valence-corrected chi connectivity index (χ0v) is 9.26. The largest absolute Gasteiger partial charge is 0.370 e. The van der Waals surface area contributed by atoms with Crippen LogP contribution >= 0.6 is 31.9 Å². The van der Waals surface area contributed by atoms with E-state index in [0.29, 0.717) is 5.69 Å². The fourth-order valence-corrected chi connectivity index (χ4v) is 1.43. The highest BCUT2D eigenvalue weighted by Gasteiger charge is 2.01. The molecule has 0 fully saturated rings. The number of nitrogens with two attached hydrogens (primary N) is 2. The van der Waals surface area contributed by atoms with Crippen molar-refractivity contribution in [3.8, 4) is 0 Å². The Morgan fingerprint density at radius 2 is 1.92 bits per heavy atom. The molecular formula is C7H7Br2N3. The first-order valence-electron chi connectivity index (χ1n) is 3.15. The molecule has 0 aromatic heterocycles. The molecule has 0 saturated carbocycles. The second-order valence-electron chi connectivity index (χ2n) is 2.11. The molecule has 0 heterocycles. The minimum atomic E-state index is 0.0498. The average molecular weight is 293 g/mol. The van der Waals surface area contributed by atoms with Gasteiger partial charge in [0.05, 0.1) is 10.2 Å². The van der Waals surface area contributed by atoms with Crippen molar-refractivity contribution in [3.05, 3.63) is 27.1 Å². The van der Waals surface area contributed by atoms with Crippen LogP contribution in [0.1, 0.15) is 0 Å². The quantitative estimate of drug-likeness (QED) is 0.615. The Morgan fingerprint density at radius 1 is 1.25 bits per heavy atom. The minimum absolute atomic E-state index is 0.0498. The average Bonchev–Trinajstić information content (AvgIpc) is 1.98. The van der Waals surface area contributed by atoms with Crippen LogP contribution in [0.25, 0.3) is 0 Å². The van der Waals surface area contributed by atoms with Gasteiger partial charge in [-0.2, -0.15) is 0 Å². The van der Waals surface area contributed by atoms with E-state index in [1.165, 1.54) is 0 Å². The zero-order valence-electron chi connectivity index (χ0n) is 6.09. The predicted molar refractivity (Wildman–Crippen MR) is 57.3 cm³/mol. The Bertz CT molecular complexity index is 318. The van der Waals surface area contributed by atoms with Gasteiger partial charge >= 0.3 is 0 Å². The van der Waals surface area contributed by atoms with Gasteiger partial charge in [-0.05, 0) is 44.0 Å². The van der Waals surface area contributed by atoms with Crippen LogP contribution in [0.2, 0.25) is 0 Å². The zero-order chi connectivity index (χ0) is 9.14. The number of hydrogen-bond acceptors (Lipinski definition) is 1. The molecule has 64 valence electrons. The molecule has 0 radical (unpaired) electrons. The molecule has 0 bridgehead atoms. The standard InChI is InChI=1S/C7H7Br2N3/c8-4-2-1-3-5(6(4)9)12-7(10)11/h1-3H,(H4,10,11,12). The summed E-state index contributed by atoms with van der Waals surface area (Å²) in [5.74, 6) is 0.0498. The third-order valence-corrected chi connectivity index (χ3v) is 3.21. The smallest absolute Gasteiger partial charge is 0.191 e. The molecule has 0 amide bonds. The summed E-state index contributed by atoms with van der Waals surface area (Å²) in [6.45, 7) is 0. The van der Waals surface area contributed by atoms with Crippen molar-refractivity contribution in [2.75, 3.05) is 0 Å². The van der Waals surface area contributed by atoms with Crippen LogP contribution in [0.15, 0.2) is 32.1 Å². The van der Waals surface area contributed by atoms with Crippen molar-refractivity contribution in [2.24, 2.45) is 16.5 Å². The van der Waals surface area contributed by atoms with E-state index >= 15 is 0 Å². The summed E-state index contributed by atoms with van der Waals surface area (Å²) in [5.41, 5.74) is 11.2. The van der Waals surface area contributed by atoms with Crippen LogP contribution in [0.4, 0.5) is 5.69 Å². The number of guanidine groups is 1. The van der Waals surface area contributed by atoms with E-state index in [-0.39, 0.29) is 5.96 Å². The lowest BCUT2D eigenvalue weighted by Gasteiger charge is -2.00. The summed E-state index contributed by atoms with van der Waals surface area (Å²) in [5, 5.41) is 0. The fourth-order valence-electron chi connectivity index (χ4n) is 0.718. The maximum Gasteiger partial charge on any atom is 0.191 e. The Kier molecular flexibility index (Phi) is 3.11. The molecule has 0 atom stereocenters. The highest BCUT2D eigenvalue weighted by Crippen LogP contribution is 2.32. The first-order chi connectivity index (χ1) is 5.61. The predicted octanol–water partition coefficient (Wildman–Crippen LogP) is 2.12. The monoisotopic (exact) mass is 291 g/mol. The van der Waals surface area contributed by atoms with Gasteiger partial charge in [-0.3, -0.25) is 0 Å². The molecule has 12 heavy (non-hydrogen) atoms. The molecule has 0 unspecified atom stereocenters. The minimum Gasteiger partial charge on any atom is -0.370 e. The first kappa shape index (κ1) is 9.54. The Labute approximate surface area is 87.1 Å². The molecule has 4 N–H and O–H groups in total. The molecule has 0 aliphatic heterocycles. The van der Waals surface area contributed by atoms with E-state index < -0.39 is 0 Å². The van der Waals surface area contributed by atoms with E-state index in [1.807, 2.05) is 18.2 Å². The second-order valence-corrected chi connectivity index (χ2v) is 3.76. The molecule has 5 heteroatoms. The second kappa shape index (κ2) is 3.91. The Balaban J connectivity index is 3.17. The van der Waals surface area contributed by atoms with Crippen molar-refractivity contribution in [2.45, 2.75) is 0 Å². The van der Waals surface area contributed by atoms with E-state index in [0.717, 1.165) is 8.95 Å². The lowest BCUT2D eigenvalue weighted by Crippen LogP contribution is -2.21. The highest BCUT2D eigenvalue weighted by atomic mass is 79.9. The lowest BCUT2D eigenvalue weighted by atomic mass is 10.3. The fraction of sp³-hybridized carbons (Fsp3) is 0. The molecule has 1 aromatic rings. The first-order valence-corrected chi connectivity index (χ1v) is 4.73. The van der Waals surface area contributed by atoms with Crippen molar-refractivity contribution in [1.29, 1.82) is 0 Å². The summed E-state index contributed by atoms with van der Waals surface area (Å²) in [7, 11) is 0. The molecule has 3 nitrogen and oxygen atoms in total. The highest BCUT2D eigenvalue weighted by molar-refractivity contribution is 9.13. The third kappa shape index (κ3) is 2.22. The Morgan fingerprint density at radius 3 is 2.50 bits per heavy atom. The molecule has 0 aliphatic carbocycles. The molecule has 0 spiro atoms. The van der Waals surface area contributed by atoms with Crippen molar-refractivity contribution >= 4 is 43.5 Å². The molecular weight excluding hydrogens is 286 g/mol. The number of hydrogen-bond donors (Lipinski definition) is 2. The van der Waals surface area contributed by atoms with Crippen molar-refractivity contribution in [3.63, 3.8) is 0 Å². The van der Waals surface area contributed by atoms with Crippen LogP contribution in [0.3, 0.4) is 0 Å². The topological polar surface area (TPSA) is 64.4 Å². The van der Waals surface area contributed by atoms with Crippen molar-refractivity contribution in [1.82, 2.24) is 0 Å².